The summed E-state index contributed by atoms with van der Waals surface area (Å²) in [5.41, 5.74) is 8.03. The second-order valence-electron chi connectivity index (χ2n) is 7.50. The van der Waals surface area contributed by atoms with Crippen LogP contribution in [-0.4, -0.2) is 26.4 Å². The highest BCUT2D eigenvalue weighted by Gasteiger charge is 2.19. The highest BCUT2D eigenvalue weighted by Crippen LogP contribution is 2.37. The van der Waals surface area contributed by atoms with Crippen LogP contribution in [0.2, 0.25) is 0 Å². The first-order valence-corrected chi connectivity index (χ1v) is 9.84. The van der Waals surface area contributed by atoms with Gasteiger partial charge in [0.15, 0.2) is 0 Å². The lowest BCUT2D eigenvalue weighted by atomic mass is 9.95. The van der Waals surface area contributed by atoms with Crippen LogP contribution in [0.3, 0.4) is 0 Å². The third-order valence-corrected chi connectivity index (χ3v) is 5.58. The van der Waals surface area contributed by atoms with Gasteiger partial charge in [-0.2, -0.15) is 5.10 Å². The molecule has 0 bridgehead atoms. The summed E-state index contributed by atoms with van der Waals surface area (Å²) in [6, 6.07) is 12.7. The molecule has 0 spiro atoms. The van der Waals surface area contributed by atoms with Crippen LogP contribution in [0.5, 0.6) is 5.75 Å². The first kappa shape index (κ1) is 18.2. The van der Waals surface area contributed by atoms with Crippen molar-refractivity contribution in [3.8, 4) is 28.1 Å². The van der Waals surface area contributed by atoms with Crippen molar-refractivity contribution in [3.63, 3.8) is 0 Å². The molecule has 6 nitrogen and oxygen atoms in total. The van der Waals surface area contributed by atoms with Gasteiger partial charge in [0.25, 0.3) is 0 Å². The summed E-state index contributed by atoms with van der Waals surface area (Å²) < 4.78 is 9.59. The lowest BCUT2D eigenvalue weighted by Crippen LogP contribution is -2.20. The Morgan fingerprint density at radius 2 is 1.93 bits per heavy atom. The van der Waals surface area contributed by atoms with Crippen molar-refractivity contribution in [1.29, 1.82) is 0 Å². The number of imidazole rings is 1. The molecule has 1 aliphatic heterocycles. The van der Waals surface area contributed by atoms with E-state index >= 15 is 0 Å². The third-order valence-electron chi connectivity index (χ3n) is 5.58. The maximum Gasteiger partial charge on any atom is 0.143 e. The van der Waals surface area contributed by atoms with Crippen molar-refractivity contribution in [2.24, 2.45) is 14.1 Å². The molecule has 0 radical (unpaired) electrons. The van der Waals surface area contributed by atoms with Gasteiger partial charge in [-0.1, -0.05) is 24.3 Å². The van der Waals surface area contributed by atoms with E-state index in [0.29, 0.717) is 0 Å². The minimum atomic E-state index is 0.779. The molecule has 30 heavy (non-hydrogen) atoms. The highest BCUT2D eigenvalue weighted by atomic mass is 16.5. The molecule has 6 heteroatoms. The number of aromatic nitrogens is 4. The van der Waals surface area contributed by atoms with E-state index < -0.39 is 0 Å². The molecule has 150 valence electrons. The molecule has 0 aliphatic carbocycles. The quantitative estimate of drug-likeness (QED) is 0.509. The fourth-order valence-corrected chi connectivity index (χ4v) is 4.04. The topological polar surface area (TPSA) is 48.1 Å². The Morgan fingerprint density at radius 1 is 1.03 bits per heavy atom. The number of aryl methyl sites for hydroxylation is 2. The monoisotopic (exact) mass is 397 g/mol. The van der Waals surface area contributed by atoms with E-state index in [0.717, 1.165) is 34.8 Å². The number of benzene rings is 2. The van der Waals surface area contributed by atoms with Gasteiger partial charge < -0.3 is 14.2 Å². The average Bonchev–Trinajstić information content (AvgIpc) is 3.40. The largest absolute Gasteiger partial charge is 0.495 e. The van der Waals surface area contributed by atoms with Crippen molar-refractivity contribution in [1.82, 2.24) is 19.3 Å². The van der Waals surface area contributed by atoms with Crippen molar-refractivity contribution >= 4 is 11.8 Å². The van der Waals surface area contributed by atoms with Gasteiger partial charge in [0, 0.05) is 44.2 Å². The van der Waals surface area contributed by atoms with E-state index in [1.165, 1.54) is 16.7 Å². The van der Waals surface area contributed by atoms with Gasteiger partial charge in [0.05, 0.1) is 37.2 Å². The Labute approximate surface area is 175 Å². The summed E-state index contributed by atoms with van der Waals surface area (Å²) >= 11 is 0. The van der Waals surface area contributed by atoms with E-state index in [-0.39, 0.29) is 0 Å². The zero-order chi connectivity index (χ0) is 20.7. The van der Waals surface area contributed by atoms with Gasteiger partial charge in [0.2, 0.25) is 0 Å². The first-order chi connectivity index (χ1) is 14.6. The summed E-state index contributed by atoms with van der Waals surface area (Å²) in [7, 11) is 5.65. The van der Waals surface area contributed by atoms with Gasteiger partial charge in [0.1, 0.15) is 5.75 Å². The number of fused-ring (bicyclic) bond motifs is 1. The second kappa shape index (κ2) is 7.22. The van der Waals surface area contributed by atoms with Gasteiger partial charge in [-0.3, -0.25) is 4.68 Å². The Morgan fingerprint density at radius 3 is 2.67 bits per heavy atom. The van der Waals surface area contributed by atoms with E-state index in [1.807, 2.05) is 35.7 Å². The van der Waals surface area contributed by atoms with Gasteiger partial charge >= 0.3 is 0 Å². The summed E-state index contributed by atoms with van der Waals surface area (Å²) in [4.78, 5) is 6.44. The Bertz CT molecular complexity index is 1250. The third kappa shape index (κ3) is 3.06. The fraction of sp³-hybridized carbons (Fsp3) is 0.167. The van der Waals surface area contributed by atoms with E-state index in [2.05, 4.69) is 69.9 Å². The van der Waals surface area contributed by atoms with Gasteiger partial charge in [-0.05, 0) is 34.9 Å². The van der Waals surface area contributed by atoms with Crippen LogP contribution >= 0.6 is 0 Å². The number of nitrogens with zero attached hydrogens (tertiary/aromatic N) is 5. The Kier molecular flexibility index (Phi) is 4.39. The van der Waals surface area contributed by atoms with Crippen LogP contribution in [0.4, 0.5) is 5.69 Å². The molecule has 0 saturated carbocycles. The van der Waals surface area contributed by atoms with Crippen molar-refractivity contribution in [3.05, 3.63) is 78.6 Å². The lowest BCUT2D eigenvalue weighted by Gasteiger charge is -2.28. The lowest BCUT2D eigenvalue weighted by molar-refractivity contribution is 0.415. The van der Waals surface area contributed by atoms with Crippen molar-refractivity contribution in [2.45, 2.75) is 6.54 Å². The predicted octanol–water partition coefficient (Wildman–Crippen LogP) is 4.49. The first-order valence-electron chi connectivity index (χ1n) is 9.84. The number of hydrogen-bond donors (Lipinski definition) is 0. The maximum atomic E-state index is 5.74. The van der Waals surface area contributed by atoms with Crippen LogP contribution in [-0.2, 0) is 20.6 Å². The molecule has 2 aromatic carbocycles. The molecule has 0 amide bonds. The Hall–Kier alpha value is -3.80. The number of ether oxygens (including phenoxy) is 1. The molecule has 5 rings (SSSR count). The summed E-state index contributed by atoms with van der Waals surface area (Å²) in [5.74, 6) is 0.838. The second-order valence-corrected chi connectivity index (χ2v) is 7.50. The minimum absolute atomic E-state index is 0.779. The molecule has 2 aromatic heterocycles. The molecule has 0 saturated heterocycles. The van der Waals surface area contributed by atoms with Crippen LogP contribution in [0.1, 0.15) is 11.1 Å². The Balaban J connectivity index is 1.50. The molecule has 0 fully saturated rings. The molecule has 3 heterocycles. The zero-order valence-electron chi connectivity index (χ0n) is 17.3. The molecule has 0 N–H and O–H groups in total. The number of rotatable bonds is 4. The number of hydrogen-bond acceptors (Lipinski definition) is 4. The smallest absolute Gasteiger partial charge is 0.143 e. The molecule has 4 aromatic rings. The van der Waals surface area contributed by atoms with E-state index in [4.69, 9.17) is 4.74 Å². The van der Waals surface area contributed by atoms with E-state index in [9.17, 15) is 0 Å². The fourth-order valence-electron chi connectivity index (χ4n) is 4.04. The molecule has 0 atom stereocenters. The maximum absolute atomic E-state index is 5.74. The number of methoxy groups -OCH3 is 1. The van der Waals surface area contributed by atoms with E-state index in [1.54, 1.807) is 13.4 Å². The normalized spacial score (nSPS) is 12.8. The molecule has 1 aliphatic rings. The summed E-state index contributed by atoms with van der Waals surface area (Å²) in [5, 5.41) is 4.32. The highest BCUT2D eigenvalue weighted by molar-refractivity contribution is 5.80. The standard InChI is InChI=1S/C24H23N5O/c1-27-16-25-13-23(27)17-7-8-22(24(11-17)30-3)29-10-9-21-18(15-29)5-4-6-20(21)19-12-26-28(2)14-19/h4-14,16H,15H2,1-3H3. The predicted molar refractivity (Wildman–Crippen MR) is 119 cm³/mol. The summed E-state index contributed by atoms with van der Waals surface area (Å²) in [6.45, 7) is 0.779. The van der Waals surface area contributed by atoms with Crippen LogP contribution in [0.15, 0.2) is 67.5 Å². The van der Waals surface area contributed by atoms with Crippen LogP contribution in [0, 0.1) is 0 Å². The van der Waals surface area contributed by atoms with Gasteiger partial charge in [-0.15, -0.1) is 0 Å². The van der Waals surface area contributed by atoms with Crippen molar-refractivity contribution < 1.29 is 4.74 Å². The molecular weight excluding hydrogens is 374 g/mol. The van der Waals surface area contributed by atoms with Gasteiger partial charge in [-0.25, -0.2) is 4.98 Å². The SMILES string of the molecule is COc1cc(-c2cncn2C)ccc1N1C=Cc2c(cccc2-c2cnn(C)c2)C1. The number of anilines is 1. The van der Waals surface area contributed by atoms with Crippen LogP contribution < -0.4 is 9.64 Å². The average molecular weight is 397 g/mol. The molecule has 0 unspecified atom stereocenters. The van der Waals surface area contributed by atoms with Crippen LogP contribution in [0.25, 0.3) is 28.5 Å². The zero-order valence-corrected chi connectivity index (χ0v) is 17.3. The molecular formula is C24H23N5O. The minimum Gasteiger partial charge on any atom is -0.495 e. The van der Waals surface area contributed by atoms with Crippen molar-refractivity contribution in [2.75, 3.05) is 12.0 Å². The summed E-state index contributed by atoms with van der Waals surface area (Å²) in [6.07, 6.45) is 11.9.